The predicted octanol–water partition coefficient (Wildman–Crippen LogP) is 2.38. The van der Waals surface area contributed by atoms with Gasteiger partial charge in [0.25, 0.3) is 5.69 Å². The van der Waals surface area contributed by atoms with Crippen LogP contribution in [0, 0.1) is 10.1 Å². The number of carbonyl (C=O) groups is 1. The average molecular weight is 313 g/mol. The average Bonchev–Trinajstić information content (AvgIpc) is 2.54. The van der Waals surface area contributed by atoms with E-state index in [-0.39, 0.29) is 23.8 Å². The summed E-state index contributed by atoms with van der Waals surface area (Å²) in [5, 5.41) is 23.8. The summed E-state index contributed by atoms with van der Waals surface area (Å²) < 4.78 is 0. The van der Waals surface area contributed by atoms with Crippen molar-refractivity contribution in [2.75, 3.05) is 0 Å². The van der Waals surface area contributed by atoms with Crippen LogP contribution in [0.3, 0.4) is 0 Å². The van der Waals surface area contributed by atoms with Crippen LogP contribution in [-0.2, 0) is 11.2 Å². The molecule has 0 heterocycles. The Labute approximate surface area is 132 Å². The lowest BCUT2D eigenvalue weighted by molar-refractivity contribution is -0.384. The number of carbonyl (C=O) groups excluding carboxylic acids is 1. The van der Waals surface area contributed by atoms with E-state index in [0.29, 0.717) is 11.3 Å². The number of hydrogen-bond donors (Lipinski definition) is 2. The van der Waals surface area contributed by atoms with E-state index in [9.17, 15) is 20.0 Å². The number of nitro benzene ring substituents is 1. The molecular formula is C16H15N3O4. The number of aromatic hydroxyl groups is 1. The van der Waals surface area contributed by atoms with Crippen molar-refractivity contribution in [3.05, 3.63) is 69.8 Å². The number of phenolic OH excluding ortho intramolecular Hbond substituents is 1. The smallest absolute Gasteiger partial charge is 0.269 e. The molecule has 7 heteroatoms. The third-order valence-electron chi connectivity index (χ3n) is 3.15. The second kappa shape index (κ2) is 7.17. The summed E-state index contributed by atoms with van der Waals surface area (Å²) in [5.74, 6) is -0.166. The number of hydrazone groups is 1. The van der Waals surface area contributed by atoms with Crippen molar-refractivity contribution in [3.63, 3.8) is 0 Å². The fourth-order valence-electron chi connectivity index (χ4n) is 1.87. The lowest BCUT2D eigenvalue weighted by Gasteiger charge is -2.03. The highest BCUT2D eigenvalue weighted by molar-refractivity contribution is 5.99. The first-order valence-corrected chi connectivity index (χ1v) is 6.81. The van der Waals surface area contributed by atoms with Crippen molar-refractivity contribution in [3.8, 4) is 5.75 Å². The summed E-state index contributed by atoms with van der Waals surface area (Å²) in [4.78, 5) is 21.9. The Balaban J connectivity index is 1.95. The molecule has 2 aromatic rings. The Morgan fingerprint density at radius 3 is 2.35 bits per heavy atom. The van der Waals surface area contributed by atoms with E-state index in [0.717, 1.165) is 5.56 Å². The third-order valence-corrected chi connectivity index (χ3v) is 3.15. The van der Waals surface area contributed by atoms with Crippen molar-refractivity contribution in [2.24, 2.45) is 5.10 Å². The van der Waals surface area contributed by atoms with Gasteiger partial charge in [0.05, 0.1) is 17.1 Å². The zero-order valence-electron chi connectivity index (χ0n) is 12.4. The largest absolute Gasteiger partial charge is 0.508 e. The lowest BCUT2D eigenvalue weighted by Crippen LogP contribution is -2.21. The quantitative estimate of drug-likeness (QED) is 0.502. The summed E-state index contributed by atoms with van der Waals surface area (Å²) in [6.07, 6.45) is 0.0738. The molecule has 0 saturated carbocycles. The zero-order valence-corrected chi connectivity index (χ0v) is 12.4. The molecular weight excluding hydrogens is 298 g/mol. The minimum absolute atomic E-state index is 0.0182. The van der Waals surface area contributed by atoms with Crippen molar-refractivity contribution in [1.29, 1.82) is 0 Å². The number of amides is 1. The van der Waals surface area contributed by atoms with Gasteiger partial charge in [-0.25, -0.2) is 5.43 Å². The molecule has 0 aliphatic carbocycles. The lowest BCUT2D eigenvalue weighted by atomic mass is 10.1. The monoisotopic (exact) mass is 313 g/mol. The molecule has 0 spiro atoms. The third kappa shape index (κ3) is 4.63. The maximum atomic E-state index is 11.8. The minimum atomic E-state index is -0.491. The molecule has 2 aromatic carbocycles. The second-order valence-electron chi connectivity index (χ2n) is 4.88. The van der Waals surface area contributed by atoms with Gasteiger partial charge in [0.1, 0.15) is 5.75 Å². The molecule has 0 radical (unpaired) electrons. The van der Waals surface area contributed by atoms with Crippen LogP contribution in [-0.4, -0.2) is 21.6 Å². The highest BCUT2D eigenvalue weighted by atomic mass is 16.6. The van der Waals surface area contributed by atoms with Crippen LogP contribution in [0.25, 0.3) is 0 Å². The second-order valence-corrected chi connectivity index (χ2v) is 4.88. The molecule has 2 N–H and O–H groups in total. The van der Waals surface area contributed by atoms with Crippen molar-refractivity contribution < 1.29 is 14.8 Å². The molecule has 0 fully saturated rings. The highest BCUT2D eigenvalue weighted by Crippen LogP contribution is 2.12. The Morgan fingerprint density at radius 1 is 1.17 bits per heavy atom. The molecule has 2 rings (SSSR count). The van der Waals surface area contributed by atoms with E-state index in [4.69, 9.17) is 0 Å². The van der Waals surface area contributed by atoms with Crippen molar-refractivity contribution >= 4 is 17.3 Å². The summed E-state index contributed by atoms with van der Waals surface area (Å²) in [5.41, 5.74) is 4.45. The van der Waals surface area contributed by atoms with Crippen LogP contribution >= 0.6 is 0 Å². The number of phenols is 1. The number of nitrogens with zero attached hydrogens (tertiary/aromatic N) is 2. The van der Waals surface area contributed by atoms with Crippen LogP contribution in [0.4, 0.5) is 5.69 Å². The van der Waals surface area contributed by atoms with Crippen LogP contribution in [0.15, 0.2) is 53.6 Å². The summed E-state index contributed by atoms with van der Waals surface area (Å²) in [7, 11) is 0. The van der Waals surface area contributed by atoms with Crippen LogP contribution in [0.2, 0.25) is 0 Å². The Hall–Kier alpha value is -3.22. The number of benzene rings is 2. The molecule has 23 heavy (non-hydrogen) atoms. The van der Waals surface area contributed by atoms with Gasteiger partial charge in [-0.1, -0.05) is 12.1 Å². The normalized spacial score (nSPS) is 11.1. The van der Waals surface area contributed by atoms with E-state index in [2.05, 4.69) is 10.5 Å². The van der Waals surface area contributed by atoms with Crippen LogP contribution in [0.5, 0.6) is 5.75 Å². The fraction of sp³-hybridized carbons (Fsp3) is 0.125. The Bertz CT molecular complexity index is 737. The van der Waals surface area contributed by atoms with Crippen LogP contribution < -0.4 is 5.43 Å². The molecule has 0 aliphatic rings. The van der Waals surface area contributed by atoms with Gasteiger partial charge in [-0.3, -0.25) is 14.9 Å². The van der Waals surface area contributed by atoms with Gasteiger partial charge in [0.15, 0.2) is 0 Å². The molecule has 0 atom stereocenters. The number of nitrogens with one attached hydrogen (secondary N) is 1. The van der Waals surface area contributed by atoms with Gasteiger partial charge in [-0.15, -0.1) is 0 Å². The van der Waals surface area contributed by atoms with Gasteiger partial charge in [-0.2, -0.15) is 5.10 Å². The maximum Gasteiger partial charge on any atom is 0.269 e. The van der Waals surface area contributed by atoms with Gasteiger partial charge in [-0.05, 0) is 42.3 Å². The SMILES string of the molecule is C/C(=N\NC(=O)Cc1ccc([N+](=O)[O-])cc1)c1ccc(O)cc1. The minimum Gasteiger partial charge on any atom is -0.508 e. The highest BCUT2D eigenvalue weighted by Gasteiger charge is 2.07. The van der Waals surface area contributed by atoms with Crippen molar-refractivity contribution in [1.82, 2.24) is 5.43 Å². The summed E-state index contributed by atoms with van der Waals surface area (Å²) in [6.45, 7) is 1.73. The van der Waals surface area contributed by atoms with Gasteiger partial charge in [0, 0.05) is 12.1 Å². The van der Waals surface area contributed by atoms with Gasteiger partial charge in [0.2, 0.25) is 5.91 Å². The van der Waals surface area contributed by atoms with Gasteiger partial charge < -0.3 is 5.11 Å². The fourth-order valence-corrected chi connectivity index (χ4v) is 1.87. The Kier molecular flexibility index (Phi) is 5.03. The molecule has 118 valence electrons. The number of hydrogen-bond acceptors (Lipinski definition) is 5. The van der Waals surface area contributed by atoms with Crippen molar-refractivity contribution in [2.45, 2.75) is 13.3 Å². The van der Waals surface area contributed by atoms with E-state index in [1.807, 2.05) is 0 Å². The van der Waals surface area contributed by atoms with E-state index in [1.54, 1.807) is 19.1 Å². The molecule has 1 amide bonds. The standard InChI is InChI=1S/C16H15N3O4/c1-11(13-4-8-15(20)9-5-13)17-18-16(21)10-12-2-6-14(7-3-12)19(22)23/h2-9,20H,10H2,1H3,(H,18,21)/b17-11+. The number of nitro groups is 1. The molecule has 0 aliphatic heterocycles. The number of non-ortho nitro benzene ring substituents is 1. The first-order chi connectivity index (χ1) is 11.0. The zero-order chi connectivity index (χ0) is 16.8. The van der Waals surface area contributed by atoms with E-state index in [1.165, 1.54) is 36.4 Å². The molecule has 0 aromatic heterocycles. The molecule has 7 nitrogen and oxygen atoms in total. The summed E-state index contributed by atoms with van der Waals surface area (Å²) >= 11 is 0. The predicted molar refractivity (Wildman–Crippen MR) is 85.3 cm³/mol. The van der Waals surface area contributed by atoms with Gasteiger partial charge >= 0.3 is 0 Å². The first kappa shape index (κ1) is 16.2. The first-order valence-electron chi connectivity index (χ1n) is 6.81. The van der Waals surface area contributed by atoms with Crippen LogP contribution in [0.1, 0.15) is 18.1 Å². The molecule has 0 unspecified atom stereocenters. The summed E-state index contributed by atoms with van der Waals surface area (Å²) in [6, 6.07) is 12.2. The topological polar surface area (TPSA) is 105 Å². The Morgan fingerprint density at radius 2 is 1.78 bits per heavy atom. The van der Waals surface area contributed by atoms with E-state index >= 15 is 0 Å². The van der Waals surface area contributed by atoms with E-state index < -0.39 is 4.92 Å². The maximum absolute atomic E-state index is 11.8. The molecule has 0 saturated heterocycles. The number of rotatable bonds is 5. The molecule has 0 bridgehead atoms.